The summed E-state index contributed by atoms with van der Waals surface area (Å²) in [4.78, 5) is 38.3. The molecule has 1 aliphatic rings. The lowest BCUT2D eigenvalue weighted by Gasteiger charge is -2.26. The van der Waals surface area contributed by atoms with Crippen molar-refractivity contribution < 1.29 is 19.0 Å². The third kappa shape index (κ3) is 4.62. The molecule has 180 valence electrons. The zero-order valence-corrected chi connectivity index (χ0v) is 19.2. The predicted molar refractivity (Wildman–Crippen MR) is 127 cm³/mol. The summed E-state index contributed by atoms with van der Waals surface area (Å²) in [6.07, 6.45) is 1.35. The molecule has 0 atom stereocenters. The minimum atomic E-state index is -0.655. The first-order chi connectivity index (χ1) is 16.4. The maximum absolute atomic E-state index is 13.6. The van der Waals surface area contributed by atoms with Crippen LogP contribution in [0.2, 0.25) is 0 Å². The highest BCUT2D eigenvalue weighted by Gasteiger charge is 2.23. The molecule has 10 heteroatoms. The second-order valence-electron chi connectivity index (χ2n) is 8.15. The molecule has 34 heavy (non-hydrogen) atoms. The van der Waals surface area contributed by atoms with Crippen molar-refractivity contribution in [1.29, 1.82) is 0 Å². The Labute approximate surface area is 195 Å². The SMILES string of the molecule is COc1ccc(Cn2c(=O)c3cc(CNC(N)=O)ccc3n(C3CCOCC3)c2=O)cc1OC. The zero-order valence-electron chi connectivity index (χ0n) is 19.2. The number of carbonyl (C=O) groups excluding carboxylic acids is 1. The molecule has 0 spiro atoms. The molecule has 0 radical (unpaired) electrons. The number of rotatable bonds is 7. The number of nitrogens with one attached hydrogen (secondary N) is 1. The standard InChI is InChI=1S/C24H28N4O6/c1-32-20-6-4-16(12-21(20)33-2)14-27-22(29)18-11-15(13-26-23(25)30)3-5-19(18)28(24(27)31)17-7-9-34-10-8-17/h3-6,11-12,17H,7-10,13-14H2,1-2H3,(H3,25,26,30). The normalized spacial score (nSPS) is 14.2. The van der Waals surface area contributed by atoms with E-state index in [1.54, 1.807) is 48.1 Å². The summed E-state index contributed by atoms with van der Waals surface area (Å²) in [6.45, 7) is 1.35. The van der Waals surface area contributed by atoms with E-state index >= 15 is 0 Å². The number of carbonyl (C=O) groups is 1. The van der Waals surface area contributed by atoms with Crippen LogP contribution < -0.4 is 31.8 Å². The number of benzene rings is 2. The van der Waals surface area contributed by atoms with Gasteiger partial charge in [-0.15, -0.1) is 0 Å². The third-order valence-corrected chi connectivity index (χ3v) is 6.04. The highest BCUT2D eigenvalue weighted by Crippen LogP contribution is 2.28. The van der Waals surface area contributed by atoms with E-state index in [-0.39, 0.29) is 24.8 Å². The molecule has 3 aromatic rings. The van der Waals surface area contributed by atoms with E-state index in [0.29, 0.717) is 54.0 Å². The van der Waals surface area contributed by atoms with E-state index in [0.717, 1.165) is 5.56 Å². The average molecular weight is 469 g/mol. The molecule has 0 aliphatic carbocycles. The quantitative estimate of drug-likeness (QED) is 0.544. The monoisotopic (exact) mass is 468 g/mol. The Bertz CT molecular complexity index is 1320. The smallest absolute Gasteiger partial charge is 0.332 e. The molecule has 1 aliphatic heterocycles. The summed E-state index contributed by atoms with van der Waals surface area (Å²) in [5, 5.41) is 2.93. The third-order valence-electron chi connectivity index (χ3n) is 6.04. The van der Waals surface area contributed by atoms with Gasteiger partial charge < -0.3 is 25.3 Å². The number of hydrogen-bond donors (Lipinski definition) is 2. The van der Waals surface area contributed by atoms with Crippen LogP contribution in [0.4, 0.5) is 4.79 Å². The maximum atomic E-state index is 13.6. The highest BCUT2D eigenvalue weighted by atomic mass is 16.5. The first-order valence-corrected chi connectivity index (χ1v) is 11.0. The second kappa shape index (κ2) is 10.0. The van der Waals surface area contributed by atoms with Gasteiger partial charge in [-0.3, -0.25) is 13.9 Å². The lowest BCUT2D eigenvalue weighted by molar-refractivity contribution is 0.0691. The van der Waals surface area contributed by atoms with Crippen molar-refractivity contribution in [2.24, 2.45) is 5.73 Å². The Hall–Kier alpha value is -3.79. The maximum Gasteiger partial charge on any atom is 0.332 e. The lowest BCUT2D eigenvalue weighted by atomic mass is 10.1. The highest BCUT2D eigenvalue weighted by molar-refractivity contribution is 5.79. The molecule has 1 aromatic heterocycles. The van der Waals surface area contributed by atoms with Crippen molar-refractivity contribution in [3.63, 3.8) is 0 Å². The Balaban J connectivity index is 1.87. The lowest BCUT2D eigenvalue weighted by Crippen LogP contribution is -2.42. The van der Waals surface area contributed by atoms with Gasteiger partial charge in [-0.2, -0.15) is 0 Å². The van der Waals surface area contributed by atoms with Crippen molar-refractivity contribution in [3.05, 3.63) is 68.4 Å². The molecule has 3 N–H and O–H groups in total. The number of nitrogens with two attached hydrogens (primary N) is 1. The van der Waals surface area contributed by atoms with E-state index in [4.69, 9.17) is 19.9 Å². The summed E-state index contributed by atoms with van der Waals surface area (Å²) in [7, 11) is 3.08. The Morgan fingerprint density at radius 2 is 1.76 bits per heavy atom. The fourth-order valence-electron chi connectivity index (χ4n) is 4.33. The molecular weight excluding hydrogens is 440 g/mol. The summed E-state index contributed by atoms with van der Waals surface area (Å²) in [6, 6.07) is 9.79. The van der Waals surface area contributed by atoms with E-state index in [2.05, 4.69) is 5.32 Å². The molecule has 2 amide bonds. The summed E-state index contributed by atoms with van der Waals surface area (Å²) >= 11 is 0. The Kier molecular flexibility index (Phi) is 6.87. The molecule has 0 unspecified atom stereocenters. The van der Waals surface area contributed by atoms with Gasteiger partial charge in [-0.1, -0.05) is 12.1 Å². The average Bonchev–Trinajstić information content (AvgIpc) is 2.86. The zero-order chi connectivity index (χ0) is 24.2. The number of hydrogen-bond acceptors (Lipinski definition) is 6. The van der Waals surface area contributed by atoms with Gasteiger partial charge in [0.2, 0.25) is 0 Å². The minimum Gasteiger partial charge on any atom is -0.493 e. The van der Waals surface area contributed by atoms with Crippen LogP contribution in [0.25, 0.3) is 10.9 Å². The molecule has 0 bridgehead atoms. The summed E-state index contributed by atoms with van der Waals surface area (Å²) in [5.41, 5.74) is 6.40. The van der Waals surface area contributed by atoms with Gasteiger partial charge in [0.25, 0.3) is 5.56 Å². The van der Waals surface area contributed by atoms with Crippen molar-refractivity contribution in [1.82, 2.24) is 14.5 Å². The van der Waals surface area contributed by atoms with Crippen LogP contribution in [0.1, 0.15) is 30.0 Å². The predicted octanol–water partition coefficient (Wildman–Crippen LogP) is 1.75. The largest absolute Gasteiger partial charge is 0.493 e. The van der Waals surface area contributed by atoms with Crippen molar-refractivity contribution in [2.75, 3.05) is 27.4 Å². The van der Waals surface area contributed by atoms with Crippen LogP contribution >= 0.6 is 0 Å². The number of methoxy groups -OCH3 is 2. The van der Waals surface area contributed by atoms with Crippen molar-refractivity contribution in [2.45, 2.75) is 32.0 Å². The van der Waals surface area contributed by atoms with E-state index in [1.165, 1.54) is 11.7 Å². The molecule has 4 rings (SSSR count). The Morgan fingerprint density at radius 3 is 2.44 bits per heavy atom. The van der Waals surface area contributed by atoms with Gasteiger partial charge in [0.15, 0.2) is 11.5 Å². The van der Waals surface area contributed by atoms with Gasteiger partial charge in [0, 0.05) is 25.8 Å². The number of urea groups is 1. The van der Waals surface area contributed by atoms with Gasteiger partial charge in [-0.05, 0) is 48.2 Å². The van der Waals surface area contributed by atoms with E-state index in [9.17, 15) is 14.4 Å². The van der Waals surface area contributed by atoms with Crippen molar-refractivity contribution in [3.8, 4) is 11.5 Å². The molecule has 2 heterocycles. The van der Waals surface area contributed by atoms with Gasteiger partial charge in [-0.25, -0.2) is 9.59 Å². The van der Waals surface area contributed by atoms with Crippen LogP contribution in [-0.4, -0.2) is 42.6 Å². The molecule has 0 saturated carbocycles. The van der Waals surface area contributed by atoms with Gasteiger partial charge in [0.1, 0.15) is 0 Å². The van der Waals surface area contributed by atoms with Crippen LogP contribution in [0.3, 0.4) is 0 Å². The Morgan fingerprint density at radius 1 is 1.06 bits per heavy atom. The first kappa shape index (κ1) is 23.4. The van der Waals surface area contributed by atoms with Crippen molar-refractivity contribution >= 4 is 16.9 Å². The van der Waals surface area contributed by atoms with Gasteiger partial charge in [0.05, 0.1) is 31.7 Å². The van der Waals surface area contributed by atoms with Crippen LogP contribution in [0.5, 0.6) is 11.5 Å². The number of fused-ring (bicyclic) bond motifs is 1. The minimum absolute atomic E-state index is 0.0704. The van der Waals surface area contributed by atoms with Crippen LogP contribution in [0.15, 0.2) is 46.0 Å². The topological polar surface area (TPSA) is 127 Å². The number of ether oxygens (including phenoxy) is 3. The molecule has 1 fully saturated rings. The summed E-state index contributed by atoms with van der Waals surface area (Å²) < 4.78 is 19.1. The number of primary amides is 1. The fourth-order valence-corrected chi connectivity index (χ4v) is 4.33. The van der Waals surface area contributed by atoms with Crippen LogP contribution in [0, 0.1) is 0 Å². The molecule has 10 nitrogen and oxygen atoms in total. The molecule has 1 saturated heterocycles. The summed E-state index contributed by atoms with van der Waals surface area (Å²) in [5.74, 6) is 1.07. The second-order valence-corrected chi connectivity index (χ2v) is 8.15. The first-order valence-electron chi connectivity index (χ1n) is 11.0. The van der Waals surface area contributed by atoms with E-state index < -0.39 is 11.6 Å². The van der Waals surface area contributed by atoms with E-state index in [1.807, 2.05) is 0 Å². The number of aromatic nitrogens is 2. The molecule has 2 aromatic carbocycles. The fraction of sp³-hybridized carbons (Fsp3) is 0.375. The number of nitrogens with zero attached hydrogens (tertiary/aromatic N) is 2. The van der Waals surface area contributed by atoms with Crippen LogP contribution in [-0.2, 0) is 17.8 Å². The number of amides is 2. The molecular formula is C24H28N4O6. The van der Waals surface area contributed by atoms with Gasteiger partial charge >= 0.3 is 11.7 Å².